The molecule has 1 aromatic heterocycles. The molecule has 2 aliphatic heterocycles. The fraction of sp³-hybridized carbons (Fsp3) is 0.810. The van der Waals surface area contributed by atoms with Crippen molar-refractivity contribution in [2.24, 2.45) is 22.7 Å². The number of aliphatic imine (C=N–C) groups is 1. The predicted molar refractivity (Wildman–Crippen MR) is 112 cm³/mol. The molecule has 3 heterocycles. The molecule has 0 radical (unpaired) electrons. The summed E-state index contributed by atoms with van der Waals surface area (Å²) in [5.74, 6) is 3.36. The zero-order valence-corrected chi connectivity index (χ0v) is 17.6. The minimum Gasteiger partial charge on any atom is -0.357 e. The van der Waals surface area contributed by atoms with Gasteiger partial charge in [0.1, 0.15) is 0 Å². The Morgan fingerprint density at radius 3 is 2.63 bits per heavy atom. The molecule has 27 heavy (non-hydrogen) atoms. The van der Waals surface area contributed by atoms with Crippen LogP contribution in [-0.4, -0.2) is 71.1 Å². The Morgan fingerprint density at radius 1 is 1.19 bits per heavy atom. The number of aromatic nitrogens is 2. The van der Waals surface area contributed by atoms with Crippen molar-refractivity contribution in [1.29, 1.82) is 0 Å². The highest BCUT2D eigenvalue weighted by molar-refractivity contribution is 5.80. The van der Waals surface area contributed by atoms with E-state index in [4.69, 9.17) is 4.99 Å². The number of imidazole rings is 1. The predicted octanol–water partition coefficient (Wildman–Crippen LogP) is 2.71. The third kappa shape index (κ3) is 5.47. The Kier molecular flexibility index (Phi) is 7.16. The summed E-state index contributed by atoms with van der Waals surface area (Å²) in [7, 11) is 0. The smallest absolute Gasteiger partial charge is 0.194 e. The molecule has 1 N–H and O–H groups in total. The van der Waals surface area contributed by atoms with Crippen molar-refractivity contribution in [3.8, 4) is 0 Å². The fourth-order valence-electron chi connectivity index (χ4n) is 4.79. The van der Waals surface area contributed by atoms with Gasteiger partial charge in [-0.25, -0.2) is 4.98 Å². The molecule has 0 amide bonds. The Labute approximate surface area is 165 Å². The van der Waals surface area contributed by atoms with E-state index in [0.29, 0.717) is 12.0 Å². The quantitative estimate of drug-likeness (QED) is 0.636. The van der Waals surface area contributed by atoms with Crippen molar-refractivity contribution in [3.05, 3.63) is 18.7 Å². The number of guanidine groups is 1. The number of nitrogens with zero attached hydrogens (tertiary/aromatic N) is 5. The van der Waals surface area contributed by atoms with Crippen LogP contribution >= 0.6 is 0 Å². The molecule has 6 heteroatoms. The number of nitrogens with one attached hydrogen (secondary N) is 1. The highest BCUT2D eigenvalue weighted by Crippen LogP contribution is 2.27. The summed E-state index contributed by atoms with van der Waals surface area (Å²) < 4.78 is 2.26. The third-order valence-electron chi connectivity index (χ3n) is 6.08. The van der Waals surface area contributed by atoms with Crippen LogP contribution in [0.2, 0.25) is 0 Å². The van der Waals surface area contributed by atoms with Gasteiger partial charge < -0.3 is 19.7 Å². The summed E-state index contributed by atoms with van der Waals surface area (Å²) in [6.07, 6.45) is 8.48. The zero-order valence-electron chi connectivity index (χ0n) is 17.6. The molecule has 0 spiro atoms. The molecule has 2 saturated heterocycles. The maximum Gasteiger partial charge on any atom is 0.194 e. The molecule has 1 aromatic rings. The van der Waals surface area contributed by atoms with E-state index in [0.717, 1.165) is 50.5 Å². The summed E-state index contributed by atoms with van der Waals surface area (Å²) in [6.45, 7) is 16.6. The molecule has 4 atom stereocenters. The van der Waals surface area contributed by atoms with Crippen LogP contribution in [0, 0.1) is 17.8 Å². The number of hydrogen-bond donors (Lipinski definition) is 1. The van der Waals surface area contributed by atoms with Crippen molar-refractivity contribution < 1.29 is 0 Å². The van der Waals surface area contributed by atoms with Crippen LogP contribution in [0.1, 0.15) is 46.6 Å². The summed E-state index contributed by atoms with van der Waals surface area (Å²) >= 11 is 0. The van der Waals surface area contributed by atoms with Gasteiger partial charge in [0.2, 0.25) is 0 Å². The van der Waals surface area contributed by atoms with Gasteiger partial charge in [0.05, 0.1) is 18.9 Å². The first kappa shape index (κ1) is 20.2. The van der Waals surface area contributed by atoms with Crippen LogP contribution in [0.25, 0.3) is 0 Å². The molecule has 0 aromatic carbocycles. The van der Waals surface area contributed by atoms with Gasteiger partial charge in [-0.15, -0.1) is 0 Å². The molecule has 152 valence electrons. The van der Waals surface area contributed by atoms with Crippen molar-refractivity contribution in [2.75, 3.05) is 45.8 Å². The maximum absolute atomic E-state index is 4.99. The fourth-order valence-corrected chi connectivity index (χ4v) is 4.79. The lowest BCUT2D eigenvalue weighted by atomic mass is 9.92. The summed E-state index contributed by atoms with van der Waals surface area (Å²) in [6, 6.07) is 0.467. The number of piperidine rings is 2. The molecule has 0 bridgehead atoms. The molecule has 2 fully saturated rings. The Bertz CT molecular complexity index is 574. The Morgan fingerprint density at radius 2 is 1.96 bits per heavy atom. The first-order valence-electron chi connectivity index (χ1n) is 10.8. The van der Waals surface area contributed by atoms with Crippen LogP contribution in [0.15, 0.2) is 23.7 Å². The SMILES string of the molecule is CCNC(=NCCN1CC(C)CC(C)C1)N1CCC(C)C(n2ccnc2)C1. The highest BCUT2D eigenvalue weighted by Gasteiger charge is 2.29. The number of likely N-dealkylation sites (tertiary alicyclic amines) is 2. The minimum absolute atomic E-state index is 0.467. The van der Waals surface area contributed by atoms with E-state index >= 15 is 0 Å². The normalized spacial score (nSPS) is 30.5. The van der Waals surface area contributed by atoms with E-state index in [2.05, 4.69) is 58.6 Å². The van der Waals surface area contributed by atoms with Crippen LogP contribution in [0.5, 0.6) is 0 Å². The van der Waals surface area contributed by atoms with Crippen LogP contribution in [0.3, 0.4) is 0 Å². The zero-order chi connectivity index (χ0) is 19.2. The summed E-state index contributed by atoms with van der Waals surface area (Å²) in [5.41, 5.74) is 0. The van der Waals surface area contributed by atoms with E-state index in [9.17, 15) is 0 Å². The van der Waals surface area contributed by atoms with Gasteiger partial charge in [0.25, 0.3) is 0 Å². The largest absolute Gasteiger partial charge is 0.357 e. The van der Waals surface area contributed by atoms with E-state index < -0.39 is 0 Å². The average Bonchev–Trinajstić information content (AvgIpc) is 3.15. The van der Waals surface area contributed by atoms with Crippen LogP contribution < -0.4 is 5.32 Å². The first-order valence-corrected chi connectivity index (χ1v) is 10.8. The molecule has 0 saturated carbocycles. The van der Waals surface area contributed by atoms with Gasteiger partial charge in [0.15, 0.2) is 5.96 Å². The van der Waals surface area contributed by atoms with Gasteiger partial charge in [-0.3, -0.25) is 4.99 Å². The van der Waals surface area contributed by atoms with Gasteiger partial charge in [-0.2, -0.15) is 0 Å². The molecular formula is C21H38N6. The van der Waals surface area contributed by atoms with Crippen molar-refractivity contribution >= 4 is 5.96 Å². The Balaban J connectivity index is 1.59. The summed E-state index contributed by atoms with van der Waals surface area (Å²) in [5, 5.41) is 3.52. The van der Waals surface area contributed by atoms with E-state index in [1.165, 1.54) is 25.9 Å². The van der Waals surface area contributed by atoms with Gasteiger partial charge in [-0.1, -0.05) is 20.8 Å². The monoisotopic (exact) mass is 374 g/mol. The van der Waals surface area contributed by atoms with Crippen molar-refractivity contribution in [2.45, 2.75) is 46.6 Å². The van der Waals surface area contributed by atoms with E-state index in [1.54, 1.807) is 0 Å². The van der Waals surface area contributed by atoms with Crippen LogP contribution in [-0.2, 0) is 0 Å². The number of rotatable bonds is 5. The lowest BCUT2D eigenvalue weighted by Crippen LogP contribution is -2.49. The highest BCUT2D eigenvalue weighted by atomic mass is 15.3. The molecule has 3 rings (SSSR count). The Hall–Kier alpha value is -1.56. The second kappa shape index (κ2) is 9.58. The second-order valence-corrected chi connectivity index (χ2v) is 8.73. The van der Waals surface area contributed by atoms with E-state index in [1.807, 2.05) is 12.5 Å². The lowest BCUT2D eigenvalue weighted by molar-refractivity contribution is 0.144. The first-order chi connectivity index (χ1) is 13.1. The minimum atomic E-state index is 0.467. The van der Waals surface area contributed by atoms with Gasteiger partial charge in [0, 0.05) is 51.7 Å². The van der Waals surface area contributed by atoms with Crippen molar-refractivity contribution in [1.82, 2.24) is 24.7 Å². The molecular weight excluding hydrogens is 336 g/mol. The van der Waals surface area contributed by atoms with E-state index in [-0.39, 0.29) is 0 Å². The topological polar surface area (TPSA) is 48.7 Å². The van der Waals surface area contributed by atoms with Crippen LogP contribution in [0.4, 0.5) is 0 Å². The van der Waals surface area contributed by atoms with Crippen molar-refractivity contribution in [3.63, 3.8) is 0 Å². The average molecular weight is 375 g/mol. The summed E-state index contributed by atoms with van der Waals surface area (Å²) in [4.78, 5) is 14.3. The molecule has 0 aliphatic carbocycles. The third-order valence-corrected chi connectivity index (χ3v) is 6.08. The standard InChI is InChI=1S/C21H38N6/c1-5-23-21(24-8-10-25-13-17(2)12-18(3)14-25)26-9-6-19(4)20(15-26)27-11-7-22-16-27/h7,11,16-20H,5-6,8-10,12-15H2,1-4H3,(H,23,24). The molecule has 2 aliphatic rings. The number of hydrogen-bond acceptors (Lipinski definition) is 3. The van der Waals surface area contributed by atoms with Gasteiger partial charge in [-0.05, 0) is 37.5 Å². The molecule has 6 nitrogen and oxygen atoms in total. The molecule has 4 unspecified atom stereocenters. The maximum atomic E-state index is 4.99. The lowest BCUT2D eigenvalue weighted by Gasteiger charge is -2.39. The van der Waals surface area contributed by atoms with Gasteiger partial charge >= 0.3 is 0 Å². The second-order valence-electron chi connectivity index (χ2n) is 8.73.